The number of fused-ring (bicyclic) bond motifs is 1. The second-order valence-electron chi connectivity index (χ2n) is 11.7. The van der Waals surface area contributed by atoms with Crippen LogP contribution in [0.25, 0.3) is 22.3 Å². The number of benzene rings is 4. The third-order valence-electron chi connectivity index (χ3n) is 7.28. The molecule has 1 unspecified atom stereocenters. The Balaban J connectivity index is 1.33. The summed E-state index contributed by atoms with van der Waals surface area (Å²) in [6.07, 6.45) is 0. The van der Waals surface area contributed by atoms with E-state index >= 15 is 0 Å². The van der Waals surface area contributed by atoms with Crippen molar-refractivity contribution in [3.63, 3.8) is 0 Å². The summed E-state index contributed by atoms with van der Waals surface area (Å²) >= 11 is -0.931. The molecular weight excluding hydrogens is 651 g/mol. The van der Waals surface area contributed by atoms with Crippen LogP contribution in [-0.2, 0) is 20.3 Å². The van der Waals surface area contributed by atoms with E-state index in [2.05, 4.69) is 31.4 Å². The van der Waals surface area contributed by atoms with Crippen molar-refractivity contribution >= 4 is 58.7 Å². The van der Waals surface area contributed by atoms with Crippen LogP contribution < -0.4 is 10.6 Å². The van der Waals surface area contributed by atoms with Gasteiger partial charge >= 0.3 is 193 Å². The molecule has 0 bridgehead atoms. The Hall–Kier alpha value is -4.17. The predicted molar refractivity (Wildman–Crippen MR) is 180 cm³/mol. The van der Waals surface area contributed by atoms with Crippen molar-refractivity contribution in [2.75, 3.05) is 16.4 Å². The molecule has 0 spiro atoms. The molecule has 1 aromatic heterocycles. The zero-order chi connectivity index (χ0) is 32.2. The first-order chi connectivity index (χ1) is 21.4. The molecule has 0 aliphatic rings. The molecule has 231 valence electrons. The number of amides is 1. The van der Waals surface area contributed by atoms with Crippen LogP contribution in [0.2, 0.25) is 5.21 Å². The maximum absolute atomic E-state index is 13.7. The number of nitrogens with one attached hydrogen (secondary N) is 2. The zero-order valence-electron chi connectivity index (χ0n) is 25.2. The second-order valence-corrected chi connectivity index (χ2v) is 15.7. The molecule has 0 aliphatic carbocycles. The van der Waals surface area contributed by atoms with Crippen molar-refractivity contribution in [3.8, 4) is 11.3 Å². The molecule has 1 amide bonds. The summed E-state index contributed by atoms with van der Waals surface area (Å²) in [5.41, 5.74) is 5.31. The molecule has 4 aromatic carbocycles. The summed E-state index contributed by atoms with van der Waals surface area (Å²) < 4.78 is 36.7. The summed E-state index contributed by atoms with van der Waals surface area (Å²) in [6.45, 7) is 6.40. The molecule has 8 nitrogen and oxygen atoms in total. The molecule has 1 atom stereocenters. The van der Waals surface area contributed by atoms with E-state index in [9.17, 15) is 18.0 Å². The number of para-hydroxylation sites is 1. The van der Waals surface area contributed by atoms with Crippen molar-refractivity contribution < 1.29 is 27.0 Å². The summed E-state index contributed by atoms with van der Waals surface area (Å²) in [7, 11) is -4.09. The zero-order valence-corrected chi connectivity index (χ0v) is 27.8. The number of rotatable bonds is 11. The van der Waals surface area contributed by atoms with Gasteiger partial charge in [-0.25, -0.2) is 0 Å². The van der Waals surface area contributed by atoms with Gasteiger partial charge in [-0.15, -0.1) is 0 Å². The molecule has 0 saturated heterocycles. The summed E-state index contributed by atoms with van der Waals surface area (Å²) in [5, 5.41) is 7.48. The van der Waals surface area contributed by atoms with Gasteiger partial charge in [-0.1, -0.05) is 39.0 Å². The average Bonchev–Trinajstić information content (AvgIpc) is 3.44. The molecule has 0 aliphatic heterocycles. The minimum atomic E-state index is -4.09. The van der Waals surface area contributed by atoms with Gasteiger partial charge in [0.25, 0.3) is 0 Å². The third-order valence-corrected chi connectivity index (χ3v) is 10.7. The van der Waals surface area contributed by atoms with Gasteiger partial charge in [-0.05, 0) is 12.1 Å². The number of anilines is 2. The molecule has 3 N–H and O–H groups in total. The van der Waals surface area contributed by atoms with Gasteiger partial charge in [0.05, 0.1) is 0 Å². The monoisotopic (exact) mass is 685 g/mol. The van der Waals surface area contributed by atoms with Gasteiger partial charge in [0, 0.05) is 10.9 Å². The SMILES string of the molecule is CC(C)(C)c1ccc(C(Nc2ccc(C(=O)[As]CCS(=O)(=O)O)cc2)C(=O)Nc2ccc(-c3cc4ccccc4o3)cc2)cc1. The molecular formula is C35H34AsN2O6S. The molecule has 0 fully saturated rings. The summed E-state index contributed by atoms with van der Waals surface area (Å²) in [6, 6.07) is 31.3. The first-order valence-corrected chi connectivity index (χ1v) is 18.3. The van der Waals surface area contributed by atoms with Crippen LogP contribution in [0.1, 0.15) is 48.3 Å². The van der Waals surface area contributed by atoms with E-state index in [0.717, 1.165) is 33.4 Å². The molecule has 10 heteroatoms. The van der Waals surface area contributed by atoms with E-state index in [1.165, 1.54) is 0 Å². The molecule has 1 heterocycles. The van der Waals surface area contributed by atoms with Gasteiger partial charge in [-0.2, -0.15) is 0 Å². The third kappa shape index (κ3) is 8.51. The van der Waals surface area contributed by atoms with E-state index in [1.54, 1.807) is 24.3 Å². The molecule has 5 rings (SSSR count). The Morgan fingerprint density at radius 3 is 2.13 bits per heavy atom. The summed E-state index contributed by atoms with van der Waals surface area (Å²) in [5.74, 6) is 0.0614. The molecule has 1 radical (unpaired) electrons. The fourth-order valence-electron chi connectivity index (χ4n) is 4.76. The van der Waals surface area contributed by atoms with E-state index in [0.29, 0.717) is 16.9 Å². The van der Waals surface area contributed by atoms with Gasteiger partial charge < -0.3 is 4.42 Å². The van der Waals surface area contributed by atoms with Crippen LogP contribution in [0.3, 0.4) is 0 Å². The van der Waals surface area contributed by atoms with Crippen molar-refractivity contribution in [1.82, 2.24) is 0 Å². The first-order valence-electron chi connectivity index (χ1n) is 14.4. The van der Waals surface area contributed by atoms with Gasteiger partial charge in [0.2, 0.25) is 0 Å². The Labute approximate surface area is 269 Å². The van der Waals surface area contributed by atoms with E-state index in [4.69, 9.17) is 8.97 Å². The number of hydrogen-bond donors (Lipinski definition) is 3. The predicted octanol–water partition coefficient (Wildman–Crippen LogP) is 7.34. The van der Waals surface area contributed by atoms with E-state index in [-0.39, 0.29) is 21.1 Å². The Morgan fingerprint density at radius 2 is 1.51 bits per heavy atom. The number of carbonyl (C=O) groups excluding carboxylic acids is 2. The van der Waals surface area contributed by atoms with Crippen LogP contribution >= 0.6 is 0 Å². The Morgan fingerprint density at radius 1 is 0.867 bits per heavy atom. The Kier molecular flexibility index (Phi) is 9.63. The van der Waals surface area contributed by atoms with E-state index < -0.39 is 37.7 Å². The first kappa shape index (κ1) is 32.2. The summed E-state index contributed by atoms with van der Waals surface area (Å²) in [4.78, 5) is 26.3. The van der Waals surface area contributed by atoms with E-state index in [1.807, 2.05) is 78.9 Å². The van der Waals surface area contributed by atoms with Gasteiger partial charge in [-0.3, -0.25) is 0 Å². The average molecular weight is 686 g/mol. The van der Waals surface area contributed by atoms with Gasteiger partial charge in [0.15, 0.2) is 0 Å². The maximum atomic E-state index is 13.7. The standard InChI is InChI=1S/C35H34AsN2O6S/c1-35(2,3)27-14-8-24(9-15-27)32(37-28-18-12-25(13-19-28)33(39)36-20-21-45(41,42)43)34(40)38-29-16-10-23(11-17-29)31-22-26-6-4-5-7-30(26)44-31/h4-19,22,32,37H,20-21H2,1-3H3,(H,38,40)(H,41,42,43). The number of carbonyl (C=O) groups is 2. The van der Waals surface area contributed by atoms with Crippen molar-refractivity contribution in [3.05, 3.63) is 120 Å². The second kappa shape index (κ2) is 13.4. The molecule has 45 heavy (non-hydrogen) atoms. The van der Waals surface area contributed by atoms with Gasteiger partial charge in [0.1, 0.15) is 11.3 Å². The van der Waals surface area contributed by atoms with Crippen LogP contribution in [0.4, 0.5) is 11.4 Å². The van der Waals surface area contributed by atoms with Crippen LogP contribution in [0, 0.1) is 0 Å². The van der Waals surface area contributed by atoms with Crippen LogP contribution in [-0.4, -0.2) is 45.0 Å². The quantitative estimate of drug-likeness (QED) is 0.0982. The normalized spacial score (nSPS) is 12.8. The number of furan rings is 1. The minimum absolute atomic E-state index is 0.0444. The van der Waals surface area contributed by atoms with Crippen molar-refractivity contribution in [1.29, 1.82) is 0 Å². The number of hydrogen-bond acceptors (Lipinski definition) is 6. The van der Waals surface area contributed by atoms with Crippen LogP contribution in [0.15, 0.2) is 108 Å². The van der Waals surface area contributed by atoms with Crippen molar-refractivity contribution in [2.45, 2.75) is 37.4 Å². The molecule has 5 aromatic rings. The molecule has 0 saturated carbocycles. The fourth-order valence-corrected chi connectivity index (χ4v) is 8.23. The van der Waals surface area contributed by atoms with Crippen LogP contribution in [0.5, 0.6) is 0 Å². The topological polar surface area (TPSA) is 126 Å². The van der Waals surface area contributed by atoms with Crippen molar-refractivity contribution in [2.24, 2.45) is 0 Å². The fraction of sp³-hybridized carbons (Fsp3) is 0.200. The Bertz CT molecular complexity index is 1880.